The molecule has 0 spiro atoms. The van der Waals surface area contributed by atoms with Gasteiger partial charge in [0.2, 0.25) is 0 Å². The number of nitrogens with zero attached hydrogens (tertiary/aromatic N) is 1. The molecular weight excluding hydrogens is 337 g/mol. The van der Waals surface area contributed by atoms with Gasteiger partial charge in [0.05, 0.1) is 7.11 Å². The summed E-state index contributed by atoms with van der Waals surface area (Å²) >= 11 is 0. The minimum atomic E-state index is -0.497. The number of methoxy groups -OCH3 is 1. The average Bonchev–Trinajstić information content (AvgIpc) is 2.64. The molecule has 0 fully saturated rings. The van der Waals surface area contributed by atoms with Crippen molar-refractivity contribution < 1.29 is 23.5 Å². The maximum atomic E-state index is 13.7. The monoisotopic (exact) mass is 357 g/mol. The molecule has 0 bridgehead atoms. The fourth-order valence-electron chi connectivity index (χ4n) is 2.07. The van der Waals surface area contributed by atoms with Gasteiger partial charge in [0.1, 0.15) is 5.75 Å². The van der Waals surface area contributed by atoms with Crippen molar-refractivity contribution in [1.29, 1.82) is 0 Å². The Morgan fingerprint density at radius 1 is 1.15 bits per heavy atom. The predicted octanol–water partition coefficient (Wildman–Crippen LogP) is 3.20. The lowest BCUT2D eigenvalue weighted by Crippen LogP contribution is -2.27. The van der Waals surface area contributed by atoms with Crippen LogP contribution < -0.4 is 9.47 Å². The normalized spacial score (nSPS) is 10.6. The highest BCUT2D eigenvalue weighted by molar-refractivity contribution is 6.07. The van der Waals surface area contributed by atoms with E-state index in [1.54, 1.807) is 44.4 Å². The molecule has 0 aliphatic rings. The van der Waals surface area contributed by atoms with Crippen molar-refractivity contribution >= 4 is 17.8 Å². The van der Waals surface area contributed by atoms with Crippen molar-refractivity contribution in [3.05, 3.63) is 65.5 Å². The van der Waals surface area contributed by atoms with Gasteiger partial charge in [-0.05, 0) is 35.9 Å². The van der Waals surface area contributed by atoms with E-state index in [1.165, 1.54) is 36.3 Å². The Bertz CT molecular complexity index is 830. The van der Waals surface area contributed by atoms with Gasteiger partial charge in [0.15, 0.2) is 24.0 Å². The highest BCUT2D eigenvalue weighted by atomic mass is 19.1. The van der Waals surface area contributed by atoms with Crippen molar-refractivity contribution in [3.63, 3.8) is 0 Å². The lowest BCUT2D eigenvalue weighted by atomic mass is 10.1. The SMILES string of the molecule is COc1ccc(/C=C/C(=O)c2cccc(OCC(=O)N(C)C)c2)cc1F. The molecule has 2 aromatic carbocycles. The number of rotatable bonds is 7. The van der Waals surface area contributed by atoms with Crippen LogP contribution in [0.5, 0.6) is 11.5 Å². The third kappa shape index (κ3) is 5.17. The molecule has 0 radical (unpaired) electrons. The van der Waals surface area contributed by atoms with E-state index in [9.17, 15) is 14.0 Å². The van der Waals surface area contributed by atoms with Crippen molar-refractivity contribution in [1.82, 2.24) is 4.90 Å². The van der Waals surface area contributed by atoms with Crippen LogP contribution in [0.1, 0.15) is 15.9 Å². The Balaban J connectivity index is 2.06. The van der Waals surface area contributed by atoms with Gasteiger partial charge in [-0.1, -0.05) is 24.3 Å². The summed E-state index contributed by atoms with van der Waals surface area (Å²) in [6.07, 6.45) is 2.87. The van der Waals surface area contributed by atoms with Crippen LogP contribution in [0.25, 0.3) is 6.08 Å². The van der Waals surface area contributed by atoms with Gasteiger partial charge in [-0.2, -0.15) is 0 Å². The van der Waals surface area contributed by atoms with Crippen molar-refractivity contribution in [3.8, 4) is 11.5 Å². The van der Waals surface area contributed by atoms with E-state index >= 15 is 0 Å². The zero-order chi connectivity index (χ0) is 19.1. The Labute approximate surface area is 151 Å². The van der Waals surface area contributed by atoms with Crippen LogP contribution in [-0.4, -0.2) is 44.4 Å². The van der Waals surface area contributed by atoms with Gasteiger partial charge >= 0.3 is 0 Å². The lowest BCUT2D eigenvalue weighted by Gasteiger charge is -2.11. The van der Waals surface area contributed by atoms with Gasteiger partial charge in [-0.15, -0.1) is 0 Å². The van der Waals surface area contributed by atoms with E-state index < -0.39 is 5.82 Å². The molecule has 26 heavy (non-hydrogen) atoms. The summed E-state index contributed by atoms with van der Waals surface area (Å²) in [6.45, 7) is -0.106. The number of hydrogen-bond donors (Lipinski definition) is 0. The Kier molecular flexibility index (Phi) is 6.49. The summed E-state index contributed by atoms with van der Waals surface area (Å²) in [4.78, 5) is 25.3. The Hall–Kier alpha value is -3.15. The summed E-state index contributed by atoms with van der Waals surface area (Å²) in [5.74, 6) is -0.364. The standard InChI is InChI=1S/C20H20FNO4/c1-22(2)20(24)13-26-16-6-4-5-15(12-16)18(23)9-7-14-8-10-19(25-3)17(21)11-14/h4-12H,13H2,1-3H3/b9-7+. The van der Waals surface area contributed by atoms with E-state index in [-0.39, 0.29) is 24.0 Å². The molecule has 0 saturated heterocycles. The molecule has 0 atom stereocenters. The molecule has 0 heterocycles. The minimum Gasteiger partial charge on any atom is -0.494 e. The third-order valence-electron chi connectivity index (χ3n) is 3.58. The quantitative estimate of drug-likeness (QED) is 0.564. The van der Waals surface area contributed by atoms with Crippen LogP contribution in [0.2, 0.25) is 0 Å². The highest BCUT2D eigenvalue weighted by Crippen LogP contribution is 2.19. The second-order valence-corrected chi connectivity index (χ2v) is 5.70. The lowest BCUT2D eigenvalue weighted by molar-refractivity contribution is -0.130. The molecule has 0 unspecified atom stereocenters. The number of carbonyl (C=O) groups is 2. The predicted molar refractivity (Wildman–Crippen MR) is 96.9 cm³/mol. The number of allylic oxidation sites excluding steroid dienone is 1. The number of carbonyl (C=O) groups excluding carboxylic acids is 2. The fourth-order valence-corrected chi connectivity index (χ4v) is 2.07. The first kappa shape index (κ1) is 19.2. The van der Waals surface area contributed by atoms with Gasteiger partial charge in [-0.25, -0.2) is 4.39 Å². The summed E-state index contributed by atoms with van der Waals surface area (Å²) < 4.78 is 23.9. The summed E-state index contributed by atoms with van der Waals surface area (Å²) in [5.41, 5.74) is 0.950. The number of likely N-dealkylation sites (N-methyl/N-ethyl adjacent to an activating group) is 1. The molecule has 0 saturated carbocycles. The first-order chi connectivity index (χ1) is 12.4. The molecule has 5 nitrogen and oxygen atoms in total. The highest BCUT2D eigenvalue weighted by Gasteiger charge is 2.08. The van der Waals surface area contributed by atoms with Crippen LogP contribution in [-0.2, 0) is 4.79 Å². The second kappa shape index (κ2) is 8.80. The molecule has 6 heteroatoms. The summed E-state index contributed by atoms with van der Waals surface area (Å²) in [5, 5.41) is 0. The third-order valence-corrected chi connectivity index (χ3v) is 3.58. The smallest absolute Gasteiger partial charge is 0.259 e. The summed E-state index contributed by atoms with van der Waals surface area (Å²) in [6, 6.07) is 11.0. The molecule has 0 aromatic heterocycles. The molecule has 136 valence electrons. The van der Waals surface area contributed by atoms with Crippen LogP contribution in [0.4, 0.5) is 4.39 Å². The van der Waals surface area contributed by atoms with Crippen molar-refractivity contribution in [2.24, 2.45) is 0 Å². The molecule has 0 aliphatic carbocycles. The zero-order valence-electron chi connectivity index (χ0n) is 14.9. The zero-order valence-corrected chi connectivity index (χ0v) is 14.9. The average molecular weight is 357 g/mol. The first-order valence-corrected chi connectivity index (χ1v) is 7.89. The van der Waals surface area contributed by atoms with Crippen LogP contribution in [0, 0.1) is 5.82 Å². The Morgan fingerprint density at radius 2 is 1.92 bits per heavy atom. The maximum absolute atomic E-state index is 13.7. The molecule has 0 N–H and O–H groups in total. The number of ketones is 1. The largest absolute Gasteiger partial charge is 0.494 e. The first-order valence-electron chi connectivity index (χ1n) is 7.89. The van der Waals surface area contributed by atoms with Crippen LogP contribution >= 0.6 is 0 Å². The number of halogens is 1. The summed E-state index contributed by atoms with van der Waals surface area (Å²) in [7, 11) is 4.66. The second-order valence-electron chi connectivity index (χ2n) is 5.70. The molecule has 2 rings (SSSR count). The number of amides is 1. The van der Waals surface area contributed by atoms with Crippen LogP contribution in [0.15, 0.2) is 48.5 Å². The minimum absolute atomic E-state index is 0.106. The van der Waals surface area contributed by atoms with E-state index in [0.29, 0.717) is 16.9 Å². The molecule has 1 amide bonds. The molecule has 2 aromatic rings. The fraction of sp³-hybridized carbons (Fsp3) is 0.200. The molecular formula is C20H20FNO4. The van der Waals surface area contributed by atoms with Crippen molar-refractivity contribution in [2.75, 3.05) is 27.8 Å². The van der Waals surface area contributed by atoms with E-state index in [1.807, 2.05) is 0 Å². The number of hydrogen-bond acceptors (Lipinski definition) is 4. The number of ether oxygens (including phenoxy) is 2. The molecule has 0 aliphatic heterocycles. The van der Waals surface area contributed by atoms with Gasteiger partial charge in [0, 0.05) is 19.7 Å². The van der Waals surface area contributed by atoms with Crippen molar-refractivity contribution in [2.45, 2.75) is 0 Å². The van der Waals surface area contributed by atoms with Gasteiger partial charge in [0.25, 0.3) is 5.91 Å². The van der Waals surface area contributed by atoms with Gasteiger partial charge in [-0.3, -0.25) is 9.59 Å². The van der Waals surface area contributed by atoms with E-state index in [0.717, 1.165) is 0 Å². The Morgan fingerprint density at radius 3 is 2.58 bits per heavy atom. The van der Waals surface area contributed by atoms with Crippen LogP contribution in [0.3, 0.4) is 0 Å². The van der Waals surface area contributed by atoms with E-state index in [4.69, 9.17) is 9.47 Å². The van der Waals surface area contributed by atoms with E-state index in [2.05, 4.69) is 0 Å². The maximum Gasteiger partial charge on any atom is 0.259 e. The number of benzene rings is 2. The van der Waals surface area contributed by atoms with Gasteiger partial charge < -0.3 is 14.4 Å². The topological polar surface area (TPSA) is 55.8 Å².